The third kappa shape index (κ3) is 4.26. The Morgan fingerprint density at radius 2 is 2.06 bits per heavy atom. The van der Waals surface area contributed by atoms with Crippen LogP contribution in [0, 0.1) is 11.8 Å². The standard InChI is InChI=1S/C22H29N3O4S2/c1-11-18-17(12(2)26)21(27)25(18)19(22(28)29)20(11)31-16-7-14(24-9-16)10-30-15-5-3-13(8-23)4-6-15/h3-6,11-12,14,16-18,24,26H,7-10,23H2,1-2H3,(H,28,29)/t11-,12-,14-,16+,17-,18-/m1/s1. The van der Waals surface area contributed by atoms with Crippen LogP contribution >= 0.6 is 23.5 Å². The van der Waals surface area contributed by atoms with Crippen molar-refractivity contribution < 1.29 is 19.8 Å². The molecule has 0 aromatic heterocycles. The zero-order valence-electron chi connectivity index (χ0n) is 17.7. The highest BCUT2D eigenvalue weighted by molar-refractivity contribution is 8.03. The SMILES string of the molecule is C[C@@H](O)[C@H]1C(=O)N2C(C(=O)O)=C(S[C@@H]3CN[C@@H](CSc4ccc(CN)cc4)C3)[C@H](C)[C@H]12. The van der Waals surface area contributed by atoms with Crippen LogP contribution in [0.3, 0.4) is 0 Å². The van der Waals surface area contributed by atoms with Crippen LogP contribution in [0.25, 0.3) is 0 Å². The first kappa shape index (κ1) is 22.7. The monoisotopic (exact) mass is 463 g/mol. The van der Waals surface area contributed by atoms with E-state index in [4.69, 9.17) is 5.73 Å². The lowest BCUT2D eigenvalue weighted by Gasteiger charge is -2.46. The Labute approximate surface area is 190 Å². The fourth-order valence-electron chi connectivity index (χ4n) is 4.78. The van der Waals surface area contributed by atoms with Crippen molar-refractivity contribution in [3.8, 4) is 0 Å². The van der Waals surface area contributed by atoms with E-state index < -0.39 is 18.0 Å². The number of fused-ring (bicyclic) bond motifs is 1. The lowest BCUT2D eigenvalue weighted by Crippen LogP contribution is -2.63. The van der Waals surface area contributed by atoms with Crippen molar-refractivity contribution in [3.63, 3.8) is 0 Å². The molecule has 0 radical (unpaired) electrons. The Hall–Kier alpha value is -1.52. The molecule has 0 unspecified atom stereocenters. The van der Waals surface area contributed by atoms with Crippen LogP contribution in [0.2, 0.25) is 0 Å². The molecular weight excluding hydrogens is 434 g/mol. The lowest BCUT2D eigenvalue weighted by atomic mass is 9.79. The number of carboxylic acids is 1. The van der Waals surface area contributed by atoms with E-state index in [1.807, 2.05) is 6.92 Å². The van der Waals surface area contributed by atoms with Gasteiger partial charge in [0.2, 0.25) is 5.91 Å². The van der Waals surface area contributed by atoms with Gasteiger partial charge < -0.3 is 26.2 Å². The Morgan fingerprint density at radius 3 is 2.68 bits per heavy atom. The number of aliphatic hydroxyl groups is 1. The number of benzene rings is 1. The molecule has 31 heavy (non-hydrogen) atoms. The van der Waals surface area contributed by atoms with Crippen LogP contribution in [0.1, 0.15) is 25.8 Å². The second kappa shape index (κ2) is 9.15. The number of nitrogens with one attached hydrogen (secondary N) is 1. The molecule has 168 valence electrons. The second-order valence-electron chi connectivity index (χ2n) is 8.51. The number of carboxylic acid groups (broad SMARTS) is 1. The molecule has 0 aliphatic carbocycles. The molecule has 4 rings (SSSR count). The number of hydrogen-bond acceptors (Lipinski definition) is 7. The Morgan fingerprint density at radius 1 is 1.35 bits per heavy atom. The number of aliphatic hydroxyl groups excluding tert-OH is 1. The Balaban J connectivity index is 1.38. The Kier molecular flexibility index (Phi) is 6.69. The van der Waals surface area contributed by atoms with E-state index in [-0.39, 0.29) is 28.8 Å². The van der Waals surface area contributed by atoms with E-state index >= 15 is 0 Å². The number of hydrogen-bond donors (Lipinski definition) is 4. The van der Waals surface area contributed by atoms with E-state index in [1.165, 1.54) is 9.80 Å². The van der Waals surface area contributed by atoms with Gasteiger partial charge in [-0.05, 0) is 31.0 Å². The van der Waals surface area contributed by atoms with Gasteiger partial charge in [0.05, 0.1) is 18.1 Å². The van der Waals surface area contributed by atoms with Gasteiger partial charge in [0.1, 0.15) is 5.70 Å². The van der Waals surface area contributed by atoms with Gasteiger partial charge in [-0.2, -0.15) is 0 Å². The summed E-state index contributed by atoms with van der Waals surface area (Å²) in [6, 6.07) is 8.39. The zero-order chi connectivity index (χ0) is 22.3. The van der Waals surface area contributed by atoms with E-state index in [1.54, 1.807) is 30.4 Å². The summed E-state index contributed by atoms with van der Waals surface area (Å²) in [4.78, 5) is 27.8. The number of rotatable bonds is 8. The summed E-state index contributed by atoms with van der Waals surface area (Å²) in [5.41, 5.74) is 6.88. The molecule has 6 atom stereocenters. The third-order valence-electron chi connectivity index (χ3n) is 6.40. The number of amides is 1. The number of nitrogens with two attached hydrogens (primary N) is 1. The first-order valence-electron chi connectivity index (χ1n) is 10.6. The number of carbonyl (C=O) groups excluding carboxylic acids is 1. The number of aliphatic carboxylic acids is 1. The molecule has 3 aliphatic rings. The third-order valence-corrected chi connectivity index (χ3v) is 9.08. The first-order chi connectivity index (χ1) is 14.8. The molecule has 0 spiro atoms. The fourth-order valence-corrected chi connectivity index (χ4v) is 7.27. The molecule has 7 nitrogen and oxygen atoms in total. The van der Waals surface area contributed by atoms with Gasteiger partial charge in [0.15, 0.2) is 0 Å². The molecule has 5 N–H and O–H groups in total. The predicted molar refractivity (Wildman–Crippen MR) is 122 cm³/mol. The molecule has 3 aliphatic heterocycles. The largest absolute Gasteiger partial charge is 0.477 e. The quantitative estimate of drug-likeness (QED) is 0.341. The molecule has 3 heterocycles. The smallest absolute Gasteiger partial charge is 0.353 e. The summed E-state index contributed by atoms with van der Waals surface area (Å²) < 4.78 is 0. The van der Waals surface area contributed by atoms with E-state index in [0.29, 0.717) is 12.6 Å². The van der Waals surface area contributed by atoms with Gasteiger partial charge in [-0.3, -0.25) is 4.79 Å². The Bertz CT molecular complexity index is 889. The summed E-state index contributed by atoms with van der Waals surface area (Å²) in [6.07, 6.45) is 0.171. The van der Waals surface area contributed by atoms with Crippen molar-refractivity contribution in [1.82, 2.24) is 10.2 Å². The predicted octanol–water partition coefficient (Wildman–Crippen LogP) is 1.85. The van der Waals surface area contributed by atoms with Crippen molar-refractivity contribution in [2.24, 2.45) is 17.6 Å². The number of nitrogens with zero attached hydrogens (tertiary/aromatic N) is 1. The molecule has 1 aromatic rings. The van der Waals surface area contributed by atoms with Crippen molar-refractivity contribution in [2.45, 2.75) is 55.1 Å². The van der Waals surface area contributed by atoms with Gasteiger partial charge >= 0.3 is 5.97 Å². The summed E-state index contributed by atoms with van der Waals surface area (Å²) >= 11 is 3.39. The molecule has 2 saturated heterocycles. The van der Waals surface area contributed by atoms with Gasteiger partial charge in [0, 0.05) is 45.9 Å². The van der Waals surface area contributed by atoms with Crippen LogP contribution in [0.15, 0.2) is 39.8 Å². The zero-order valence-corrected chi connectivity index (χ0v) is 19.3. The van der Waals surface area contributed by atoms with Gasteiger partial charge in [-0.25, -0.2) is 4.79 Å². The first-order valence-corrected chi connectivity index (χ1v) is 12.5. The summed E-state index contributed by atoms with van der Waals surface area (Å²) in [7, 11) is 0. The maximum absolute atomic E-state index is 12.5. The number of carbonyl (C=O) groups is 2. The highest BCUT2D eigenvalue weighted by Gasteiger charge is 2.60. The van der Waals surface area contributed by atoms with Crippen LogP contribution in [-0.2, 0) is 16.1 Å². The lowest BCUT2D eigenvalue weighted by molar-refractivity contribution is -0.163. The minimum Gasteiger partial charge on any atom is -0.477 e. The molecule has 0 saturated carbocycles. The summed E-state index contributed by atoms with van der Waals surface area (Å²) in [5.74, 6) is -0.995. The number of thioether (sulfide) groups is 2. The average Bonchev–Trinajstić information content (AvgIpc) is 3.28. The average molecular weight is 464 g/mol. The van der Waals surface area contributed by atoms with Crippen molar-refractivity contribution >= 4 is 35.4 Å². The van der Waals surface area contributed by atoms with Crippen LogP contribution < -0.4 is 11.1 Å². The highest BCUT2D eigenvalue weighted by Crippen LogP contribution is 2.51. The van der Waals surface area contributed by atoms with E-state index in [0.717, 1.165) is 29.2 Å². The number of β-lactam (4-membered cyclic amide) rings is 1. The van der Waals surface area contributed by atoms with Crippen molar-refractivity contribution in [2.75, 3.05) is 12.3 Å². The van der Waals surface area contributed by atoms with Crippen molar-refractivity contribution in [1.29, 1.82) is 0 Å². The van der Waals surface area contributed by atoms with Gasteiger partial charge in [0.25, 0.3) is 0 Å². The molecule has 0 bridgehead atoms. The topological polar surface area (TPSA) is 116 Å². The van der Waals surface area contributed by atoms with Gasteiger partial charge in [-0.15, -0.1) is 23.5 Å². The minimum absolute atomic E-state index is 0.0807. The maximum atomic E-state index is 12.5. The fraction of sp³-hybridized carbons (Fsp3) is 0.545. The van der Waals surface area contributed by atoms with E-state index in [2.05, 4.69) is 29.6 Å². The summed E-state index contributed by atoms with van der Waals surface area (Å²) in [6.45, 7) is 4.93. The van der Waals surface area contributed by atoms with E-state index in [9.17, 15) is 19.8 Å². The molecule has 2 fully saturated rings. The second-order valence-corrected chi connectivity index (χ2v) is 10.9. The van der Waals surface area contributed by atoms with Crippen molar-refractivity contribution in [3.05, 3.63) is 40.4 Å². The maximum Gasteiger partial charge on any atom is 0.353 e. The van der Waals surface area contributed by atoms with Crippen LogP contribution in [-0.4, -0.2) is 62.7 Å². The minimum atomic E-state index is -1.06. The molecule has 9 heteroatoms. The van der Waals surface area contributed by atoms with Gasteiger partial charge in [-0.1, -0.05) is 19.1 Å². The van der Waals surface area contributed by atoms with Crippen LogP contribution in [0.4, 0.5) is 0 Å². The normalized spacial score (nSPS) is 31.0. The molecule has 1 aromatic carbocycles. The molecular formula is C22H29N3O4S2. The summed E-state index contributed by atoms with van der Waals surface area (Å²) in [5, 5.41) is 23.6. The molecule has 1 amide bonds. The van der Waals surface area contributed by atoms with Crippen LogP contribution in [0.5, 0.6) is 0 Å². The highest BCUT2D eigenvalue weighted by atomic mass is 32.2.